The van der Waals surface area contributed by atoms with Gasteiger partial charge in [-0.2, -0.15) is 0 Å². The van der Waals surface area contributed by atoms with Gasteiger partial charge in [-0.15, -0.1) is 0 Å². The molecule has 2 amide bonds. The lowest BCUT2D eigenvalue weighted by Gasteiger charge is -2.41. The number of carbonyl (C=O) groups is 2. The third-order valence-corrected chi connectivity index (χ3v) is 7.47. The van der Waals surface area contributed by atoms with Crippen molar-refractivity contribution >= 4 is 17.5 Å². The summed E-state index contributed by atoms with van der Waals surface area (Å²) in [6, 6.07) is 2.39. The summed E-state index contributed by atoms with van der Waals surface area (Å²) in [7, 11) is 0. The van der Waals surface area contributed by atoms with Gasteiger partial charge in [0.25, 0.3) is 0 Å². The van der Waals surface area contributed by atoms with Crippen molar-refractivity contribution in [1.29, 1.82) is 0 Å². The molecule has 1 unspecified atom stereocenters. The predicted molar refractivity (Wildman–Crippen MR) is 117 cm³/mol. The number of rotatable bonds is 6. The number of nitrogens with zero attached hydrogens (tertiary/aromatic N) is 1. The van der Waals surface area contributed by atoms with Crippen LogP contribution in [0.3, 0.4) is 0 Å². The van der Waals surface area contributed by atoms with Crippen LogP contribution in [0.5, 0.6) is 0 Å². The molecule has 176 valence electrons. The number of benzene rings is 1. The summed E-state index contributed by atoms with van der Waals surface area (Å²) in [6.07, 6.45) is 7.42. The summed E-state index contributed by atoms with van der Waals surface area (Å²) in [4.78, 5) is 25.7. The number of halogens is 2. The van der Waals surface area contributed by atoms with E-state index in [0.717, 1.165) is 58.0 Å². The molecule has 1 aliphatic carbocycles. The van der Waals surface area contributed by atoms with E-state index in [1.54, 1.807) is 0 Å². The molecule has 1 saturated carbocycles. The van der Waals surface area contributed by atoms with E-state index in [0.29, 0.717) is 18.4 Å². The fourth-order valence-corrected chi connectivity index (χ4v) is 5.62. The summed E-state index contributed by atoms with van der Waals surface area (Å²) >= 11 is 0. The number of carbonyl (C=O) groups excluding carboxylic acids is 2. The Hall–Kier alpha value is -2.06. The Morgan fingerprint density at radius 2 is 1.66 bits per heavy atom. The third-order valence-electron chi connectivity index (χ3n) is 7.47. The molecule has 3 fully saturated rings. The molecule has 3 N–H and O–H groups in total. The highest BCUT2D eigenvalue weighted by Crippen LogP contribution is 2.36. The van der Waals surface area contributed by atoms with E-state index in [9.17, 15) is 18.4 Å². The van der Waals surface area contributed by atoms with Crippen LogP contribution in [0.4, 0.5) is 14.5 Å². The normalized spacial score (nSPS) is 27.9. The molecule has 32 heavy (non-hydrogen) atoms. The number of amides is 2. The van der Waals surface area contributed by atoms with Crippen molar-refractivity contribution in [1.82, 2.24) is 10.2 Å². The Morgan fingerprint density at radius 1 is 1.00 bits per heavy atom. The van der Waals surface area contributed by atoms with Crippen LogP contribution in [0, 0.1) is 17.6 Å². The maximum absolute atomic E-state index is 14.9. The first kappa shape index (κ1) is 23.1. The highest BCUT2D eigenvalue weighted by molar-refractivity contribution is 6.01. The van der Waals surface area contributed by atoms with E-state index >= 15 is 0 Å². The van der Waals surface area contributed by atoms with Gasteiger partial charge in [-0.25, -0.2) is 8.78 Å². The molecule has 0 radical (unpaired) electrons. The van der Waals surface area contributed by atoms with E-state index in [-0.39, 0.29) is 36.1 Å². The van der Waals surface area contributed by atoms with Gasteiger partial charge in [0.2, 0.25) is 11.8 Å². The Morgan fingerprint density at radius 3 is 2.25 bits per heavy atom. The monoisotopic (exact) mass is 449 g/mol. The van der Waals surface area contributed by atoms with Gasteiger partial charge in [-0.3, -0.25) is 14.9 Å². The van der Waals surface area contributed by atoms with Gasteiger partial charge in [0.1, 0.15) is 17.7 Å². The maximum atomic E-state index is 14.9. The first-order chi connectivity index (χ1) is 15.4. The van der Waals surface area contributed by atoms with Crippen LogP contribution >= 0.6 is 0 Å². The summed E-state index contributed by atoms with van der Waals surface area (Å²) in [5, 5.41) is 14.2. The average molecular weight is 450 g/mol. The minimum atomic E-state index is -0.673. The minimum Gasteiger partial charge on any atom is -0.396 e. The highest BCUT2D eigenvalue weighted by Gasteiger charge is 2.32. The van der Waals surface area contributed by atoms with Crippen LogP contribution < -0.4 is 10.6 Å². The number of nitrogens with one attached hydrogen (secondary N) is 2. The lowest BCUT2D eigenvalue weighted by atomic mass is 9.82. The lowest BCUT2D eigenvalue weighted by molar-refractivity contribution is -0.133. The Kier molecular flexibility index (Phi) is 7.40. The standard InChI is InChI=1S/C24H33F2N3O3/c25-19-13-17(27-21-5-6-22(31)28-24(21)32)14-20(26)23(19)16-7-10-29(11-8-16)18-3-1-15(2-4-18)9-12-30/h13-16,18,21,27,30H,1-12H2,(H,28,31,32). The van der Waals surface area contributed by atoms with Crippen molar-refractivity contribution in [3.8, 4) is 0 Å². The molecule has 0 bridgehead atoms. The summed E-state index contributed by atoms with van der Waals surface area (Å²) in [6.45, 7) is 1.95. The van der Waals surface area contributed by atoms with Crippen molar-refractivity contribution < 1.29 is 23.5 Å². The highest BCUT2D eigenvalue weighted by atomic mass is 19.1. The molecule has 1 aromatic carbocycles. The van der Waals surface area contributed by atoms with E-state index < -0.39 is 23.6 Å². The van der Waals surface area contributed by atoms with Gasteiger partial charge >= 0.3 is 0 Å². The fraction of sp³-hybridized carbons (Fsp3) is 0.667. The van der Waals surface area contributed by atoms with Gasteiger partial charge < -0.3 is 15.3 Å². The van der Waals surface area contributed by atoms with Gasteiger partial charge in [0.05, 0.1) is 0 Å². The van der Waals surface area contributed by atoms with Crippen LogP contribution in [0.1, 0.15) is 69.3 Å². The zero-order chi connectivity index (χ0) is 22.7. The number of imide groups is 1. The molecular formula is C24H33F2N3O3. The fourth-order valence-electron chi connectivity index (χ4n) is 5.62. The summed E-state index contributed by atoms with van der Waals surface area (Å²) in [5.41, 5.74) is 0.362. The van der Waals surface area contributed by atoms with Crippen molar-refractivity contribution in [3.63, 3.8) is 0 Å². The zero-order valence-corrected chi connectivity index (χ0v) is 18.4. The number of aliphatic hydroxyl groups is 1. The number of aliphatic hydroxyl groups excluding tert-OH is 1. The number of likely N-dealkylation sites (tertiary alicyclic amines) is 1. The van der Waals surface area contributed by atoms with Crippen molar-refractivity contribution in [2.75, 3.05) is 25.0 Å². The summed E-state index contributed by atoms with van der Waals surface area (Å²) < 4.78 is 29.8. The molecule has 3 aliphatic rings. The first-order valence-corrected chi connectivity index (χ1v) is 11.9. The number of hydrogen-bond acceptors (Lipinski definition) is 5. The van der Waals surface area contributed by atoms with Crippen molar-refractivity contribution in [2.45, 2.75) is 75.8 Å². The molecule has 1 atom stereocenters. The SMILES string of the molecule is O=C1CCC(Nc2cc(F)c(C3CCN(C4CCC(CCO)CC4)CC3)c(F)c2)C(=O)N1. The topological polar surface area (TPSA) is 81.7 Å². The second-order valence-corrected chi connectivity index (χ2v) is 9.50. The van der Waals surface area contributed by atoms with E-state index in [4.69, 9.17) is 5.11 Å². The maximum Gasteiger partial charge on any atom is 0.249 e. The molecule has 1 aromatic rings. The van der Waals surface area contributed by atoms with E-state index in [1.165, 1.54) is 12.1 Å². The zero-order valence-electron chi connectivity index (χ0n) is 18.4. The lowest BCUT2D eigenvalue weighted by Crippen LogP contribution is -2.47. The Bertz CT molecular complexity index is 811. The molecule has 0 aromatic heterocycles. The largest absolute Gasteiger partial charge is 0.396 e. The summed E-state index contributed by atoms with van der Waals surface area (Å²) in [5.74, 6) is -1.48. The van der Waals surface area contributed by atoms with Crippen molar-refractivity contribution in [3.05, 3.63) is 29.3 Å². The molecule has 2 heterocycles. The number of hydrogen-bond donors (Lipinski definition) is 3. The molecule has 2 saturated heterocycles. The quantitative estimate of drug-likeness (QED) is 0.581. The van der Waals surface area contributed by atoms with Crippen LogP contribution in [0.15, 0.2) is 12.1 Å². The average Bonchev–Trinajstić information content (AvgIpc) is 2.77. The second kappa shape index (κ2) is 10.3. The Balaban J connectivity index is 1.33. The van der Waals surface area contributed by atoms with E-state index in [2.05, 4.69) is 15.5 Å². The minimum absolute atomic E-state index is 0.144. The van der Waals surface area contributed by atoms with E-state index in [1.807, 2.05) is 0 Å². The van der Waals surface area contributed by atoms with Crippen LogP contribution in [0.25, 0.3) is 0 Å². The van der Waals surface area contributed by atoms with Gasteiger partial charge in [-0.05, 0) is 88.4 Å². The van der Waals surface area contributed by atoms with Crippen LogP contribution in [0.2, 0.25) is 0 Å². The smallest absolute Gasteiger partial charge is 0.249 e. The molecule has 0 spiro atoms. The molecule has 6 nitrogen and oxygen atoms in total. The molecule has 4 rings (SSSR count). The third kappa shape index (κ3) is 5.29. The van der Waals surface area contributed by atoms with Gasteiger partial charge in [0, 0.05) is 30.3 Å². The van der Waals surface area contributed by atoms with Gasteiger partial charge in [0.15, 0.2) is 0 Å². The molecular weight excluding hydrogens is 416 g/mol. The molecule has 8 heteroatoms. The van der Waals surface area contributed by atoms with Crippen LogP contribution in [-0.4, -0.2) is 53.6 Å². The Labute approximate surface area is 187 Å². The van der Waals surface area contributed by atoms with Crippen molar-refractivity contribution in [2.24, 2.45) is 5.92 Å². The van der Waals surface area contributed by atoms with Crippen LogP contribution in [-0.2, 0) is 9.59 Å². The van der Waals surface area contributed by atoms with Gasteiger partial charge in [-0.1, -0.05) is 0 Å². The predicted octanol–water partition coefficient (Wildman–Crippen LogP) is 3.30. The molecule has 2 aliphatic heterocycles. The number of piperidine rings is 2. The second-order valence-electron chi connectivity index (χ2n) is 9.50. The first-order valence-electron chi connectivity index (χ1n) is 11.9. The number of anilines is 1.